The Balaban J connectivity index is 2.34. The van der Waals surface area contributed by atoms with Gasteiger partial charge in [0.25, 0.3) is 0 Å². The van der Waals surface area contributed by atoms with Crippen LogP contribution in [0, 0.1) is 10.1 Å². The highest BCUT2D eigenvalue weighted by Gasteiger charge is 2.18. The van der Waals surface area contributed by atoms with Crippen molar-refractivity contribution in [1.82, 2.24) is 0 Å². The lowest BCUT2D eigenvalue weighted by Gasteiger charge is -2.10. The van der Waals surface area contributed by atoms with E-state index in [-0.39, 0.29) is 10.6 Å². The minimum atomic E-state index is -0.380. The van der Waals surface area contributed by atoms with Gasteiger partial charge in [0.1, 0.15) is 11.4 Å². The highest BCUT2D eigenvalue weighted by Crippen LogP contribution is 2.34. The molecule has 2 rings (SSSR count). The molecule has 0 fully saturated rings. The molecule has 2 N–H and O–H groups in total. The second kappa shape index (κ2) is 6.06. The first-order valence-electron chi connectivity index (χ1n) is 6.46. The van der Waals surface area contributed by atoms with Crippen LogP contribution in [0.2, 0.25) is 0 Å². The summed E-state index contributed by atoms with van der Waals surface area (Å²) in [5.74, 6) is 0. The first-order valence-corrected chi connectivity index (χ1v) is 6.46. The van der Waals surface area contributed by atoms with Gasteiger partial charge in [-0.2, -0.15) is 0 Å². The van der Waals surface area contributed by atoms with Crippen LogP contribution in [0.25, 0.3) is 0 Å². The molecule has 0 aliphatic rings. The van der Waals surface area contributed by atoms with Crippen molar-refractivity contribution in [3.63, 3.8) is 0 Å². The third-order valence-corrected chi connectivity index (χ3v) is 3.13. The third kappa shape index (κ3) is 2.88. The van der Waals surface area contributed by atoms with Crippen molar-refractivity contribution in [1.29, 1.82) is 0 Å². The Labute approximate surface area is 117 Å². The summed E-state index contributed by atoms with van der Waals surface area (Å²) in [4.78, 5) is 10.8. The first kappa shape index (κ1) is 13.9. The second-order valence-corrected chi connectivity index (χ2v) is 4.38. The molecule has 2 aromatic rings. The van der Waals surface area contributed by atoms with Gasteiger partial charge in [0, 0.05) is 12.7 Å². The maximum atomic E-state index is 11.2. The molecule has 0 aromatic heterocycles. The van der Waals surface area contributed by atoms with Gasteiger partial charge < -0.3 is 10.6 Å². The van der Waals surface area contributed by atoms with Gasteiger partial charge in [0.05, 0.1) is 4.92 Å². The Morgan fingerprint density at radius 3 is 2.30 bits per heavy atom. The standard InChI is InChI=1S/C15H17N3O2/c1-3-11-7-9-12(10-8-11)17-14-6-4-5-13(16-2)15(14)18(19)20/h4-10,16-17H,3H2,1-2H3. The molecule has 0 heterocycles. The summed E-state index contributed by atoms with van der Waals surface area (Å²) in [5.41, 5.74) is 3.08. The summed E-state index contributed by atoms with van der Waals surface area (Å²) in [6, 6.07) is 13.0. The van der Waals surface area contributed by atoms with Crippen LogP contribution in [-0.4, -0.2) is 12.0 Å². The molecule has 0 spiro atoms. The molecule has 0 unspecified atom stereocenters. The predicted molar refractivity (Wildman–Crippen MR) is 81.7 cm³/mol. The zero-order chi connectivity index (χ0) is 14.5. The largest absolute Gasteiger partial charge is 0.382 e. The highest BCUT2D eigenvalue weighted by molar-refractivity contribution is 5.79. The minimum Gasteiger partial charge on any atom is -0.382 e. The van der Waals surface area contributed by atoms with Crippen LogP contribution in [0.5, 0.6) is 0 Å². The zero-order valence-electron chi connectivity index (χ0n) is 11.5. The molecule has 104 valence electrons. The number of rotatable bonds is 5. The molecule has 0 amide bonds. The van der Waals surface area contributed by atoms with Crippen LogP contribution in [0.4, 0.5) is 22.7 Å². The number of nitro groups is 1. The fraction of sp³-hybridized carbons (Fsp3) is 0.200. The summed E-state index contributed by atoms with van der Waals surface area (Å²) in [6.07, 6.45) is 0.968. The lowest BCUT2D eigenvalue weighted by atomic mass is 10.1. The monoisotopic (exact) mass is 271 g/mol. The fourth-order valence-electron chi connectivity index (χ4n) is 2.02. The van der Waals surface area contributed by atoms with E-state index in [9.17, 15) is 10.1 Å². The number of hydrogen-bond acceptors (Lipinski definition) is 4. The summed E-state index contributed by atoms with van der Waals surface area (Å²) < 4.78 is 0. The van der Waals surface area contributed by atoms with E-state index in [1.165, 1.54) is 5.56 Å². The van der Waals surface area contributed by atoms with Crippen LogP contribution in [-0.2, 0) is 6.42 Å². The van der Waals surface area contributed by atoms with Crippen molar-refractivity contribution in [3.8, 4) is 0 Å². The molecule has 20 heavy (non-hydrogen) atoms. The molecule has 0 aliphatic carbocycles. The number of nitro benzene ring substituents is 1. The van der Waals surface area contributed by atoms with Crippen LogP contribution < -0.4 is 10.6 Å². The van der Waals surface area contributed by atoms with Crippen LogP contribution in [0.3, 0.4) is 0 Å². The van der Waals surface area contributed by atoms with Gasteiger partial charge in [0.2, 0.25) is 0 Å². The van der Waals surface area contributed by atoms with Gasteiger partial charge in [-0.05, 0) is 36.2 Å². The maximum Gasteiger partial charge on any atom is 0.315 e. The van der Waals surface area contributed by atoms with Gasteiger partial charge in [-0.1, -0.05) is 25.1 Å². The van der Waals surface area contributed by atoms with E-state index in [0.29, 0.717) is 11.4 Å². The molecule has 2 aromatic carbocycles. The van der Waals surface area contributed by atoms with Crippen LogP contribution in [0.1, 0.15) is 12.5 Å². The topological polar surface area (TPSA) is 67.2 Å². The molecule has 5 heteroatoms. The average Bonchev–Trinajstić information content (AvgIpc) is 2.47. The molecule has 0 saturated carbocycles. The van der Waals surface area contributed by atoms with Crippen molar-refractivity contribution in [3.05, 3.63) is 58.1 Å². The zero-order valence-corrected chi connectivity index (χ0v) is 11.5. The van der Waals surface area contributed by atoms with Crippen LogP contribution in [0.15, 0.2) is 42.5 Å². The number of hydrogen-bond donors (Lipinski definition) is 2. The van der Waals surface area contributed by atoms with Gasteiger partial charge >= 0.3 is 5.69 Å². The molecule has 0 atom stereocenters. The van der Waals surface area contributed by atoms with E-state index >= 15 is 0 Å². The molecule has 0 saturated heterocycles. The third-order valence-electron chi connectivity index (χ3n) is 3.13. The lowest BCUT2D eigenvalue weighted by molar-refractivity contribution is -0.383. The van der Waals surface area contributed by atoms with Gasteiger partial charge in [-0.25, -0.2) is 0 Å². The van der Waals surface area contributed by atoms with Gasteiger partial charge in [-0.15, -0.1) is 0 Å². The number of anilines is 3. The number of aryl methyl sites for hydroxylation is 1. The summed E-state index contributed by atoms with van der Waals surface area (Å²) in [7, 11) is 1.67. The Kier molecular flexibility index (Phi) is 4.20. The molecule has 0 aliphatic heterocycles. The average molecular weight is 271 g/mol. The van der Waals surface area contributed by atoms with Gasteiger partial charge in [0.15, 0.2) is 0 Å². The van der Waals surface area contributed by atoms with Crippen molar-refractivity contribution >= 4 is 22.7 Å². The van der Waals surface area contributed by atoms with E-state index in [4.69, 9.17) is 0 Å². The summed E-state index contributed by atoms with van der Waals surface area (Å²) in [6.45, 7) is 2.09. The van der Waals surface area contributed by atoms with E-state index < -0.39 is 0 Å². The van der Waals surface area contributed by atoms with E-state index in [1.54, 1.807) is 25.2 Å². The van der Waals surface area contributed by atoms with E-state index in [2.05, 4.69) is 17.6 Å². The number of benzene rings is 2. The first-order chi connectivity index (χ1) is 9.65. The number of nitrogens with zero attached hydrogens (tertiary/aromatic N) is 1. The van der Waals surface area contributed by atoms with Crippen LogP contribution >= 0.6 is 0 Å². The lowest BCUT2D eigenvalue weighted by Crippen LogP contribution is -2.01. The Bertz CT molecular complexity index is 609. The molecule has 0 radical (unpaired) electrons. The Hall–Kier alpha value is -2.56. The summed E-state index contributed by atoms with van der Waals surface area (Å²) >= 11 is 0. The van der Waals surface area contributed by atoms with E-state index in [1.807, 2.05) is 24.3 Å². The normalized spacial score (nSPS) is 10.1. The fourth-order valence-corrected chi connectivity index (χ4v) is 2.02. The Morgan fingerprint density at radius 2 is 1.75 bits per heavy atom. The van der Waals surface area contributed by atoms with Crippen molar-refractivity contribution in [2.24, 2.45) is 0 Å². The highest BCUT2D eigenvalue weighted by atomic mass is 16.6. The van der Waals surface area contributed by atoms with Crippen molar-refractivity contribution in [2.45, 2.75) is 13.3 Å². The minimum absolute atomic E-state index is 0.0505. The number of nitrogens with one attached hydrogen (secondary N) is 2. The Morgan fingerprint density at radius 1 is 1.10 bits per heavy atom. The quantitative estimate of drug-likeness (QED) is 0.638. The van der Waals surface area contributed by atoms with Gasteiger partial charge in [-0.3, -0.25) is 10.1 Å². The smallest absolute Gasteiger partial charge is 0.315 e. The SMILES string of the molecule is CCc1ccc(Nc2cccc(NC)c2[N+](=O)[O-])cc1. The number of para-hydroxylation sites is 1. The molecular formula is C15H17N3O2. The second-order valence-electron chi connectivity index (χ2n) is 4.38. The molecular weight excluding hydrogens is 254 g/mol. The predicted octanol–water partition coefficient (Wildman–Crippen LogP) is 3.94. The maximum absolute atomic E-state index is 11.2. The van der Waals surface area contributed by atoms with E-state index in [0.717, 1.165) is 12.1 Å². The molecule has 0 bridgehead atoms. The van der Waals surface area contributed by atoms with Crippen molar-refractivity contribution < 1.29 is 4.92 Å². The summed E-state index contributed by atoms with van der Waals surface area (Å²) in [5, 5.41) is 17.2. The molecule has 5 nitrogen and oxygen atoms in total. The van der Waals surface area contributed by atoms with Crippen molar-refractivity contribution in [2.75, 3.05) is 17.7 Å².